The highest BCUT2D eigenvalue weighted by molar-refractivity contribution is 7.99. The largest absolute Gasteiger partial charge is 0.323 e. The molecule has 0 bridgehead atoms. The molecule has 1 aromatic carbocycles. The van der Waals surface area contributed by atoms with Crippen LogP contribution in [-0.2, 0) is 17.6 Å². The Morgan fingerprint density at radius 2 is 2.17 bits per heavy atom. The summed E-state index contributed by atoms with van der Waals surface area (Å²) in [6.45, 7) is 0. The summed E-state index contributed by atoms with van der Waals surface area (Å²) in [7, 11) is 0. The Morgan fingerprint density at radius 3 is 3.00 bits per heavy atom. The molecule has 120 valence electrons. The van der Waals surface area contributed by atoms with Gasteiger partial charge in [0, 0.05) is 11.6 Å². The quantitative estimate of drug-likeness (QED) is 0.663. The number of anilines is 1. The van der Waals surface area contributed by atoms with E-state index in [2.05, 4.69) is 15.3 Å². The van der Waals surface area contributed by atoms with Crippen molar-refractivity contribution < 1.29 is 13.6 Å². The monoisotopic (exact) mass is 337 g/mol. The maximum Gasteiger partial charge on any atom is 0.254 e. The lowest BCUT2D eigenvalue weighted by Gasteiger charge is -2.07. The van der Waals surface area contributed by atoms with Gasteiger partial charge < -0.3 is 10.3 Å². The molecule has 0 aliphatic heterocycles. The Labute approximate surface area is 134 Å². The second kappa shape index (κ2) is 6.49. The number of carbonyl (C=O) groups is 1. The normalized spacial score (nSPS) is 13.0. The van der Waals surface area contributed by atoms with Gasteiger partial charge in [0.25, 0.3) is 5.56 Å². The molecule has 0 fully saturated rings. The van der Waals surface area contributed by atoms with Crippen LogP contribution in [0.2, 0.25) is 0 Å². The molecule has 0 saturated carbocycles. The molecule has 2 aromatic rings. The molecule has 5 nitrogen and oxygen atoms in total. The lowest BCUT2D eigenvalue weighted by molar-refractivity contribution is -0.113. The van der Waals surface area contributed by atoms with Crippen molar-refractivity contribution in [1.82, 2.24) is 9.97 Å². The number of fused-ring (bicyclic) bond motifs is 1. The van der Waals surface area contributed by atoms with Crippen molar-refractivity contribution in [2.24, 2.45) is 0 Å². The predicted molar refractivity (Wildman–Crippen MR) is 82.6 cm³/mol. The molecule has 0 unspecified atom stereocenters. The number of aryl methyl sites for hydroxylation is 1. The van der Waals surface area contributed by atoms with E-state index in [4.69, 9.17) is 0 Å². The van der Waals surface area contributed by atoms with E-state index in [1.165, 1.54) is 0 Å². The number of hydrogen-bond acceptors (Lipinski definition) is 4. The van der Waals surface area contributed by atoms with Crippen molar-refractivity contribution in [2.45, 2.75) is 24.4 Å². The maximum atomic E-state index is 13.4. The van der Waals surface area contributed by atoms with Crippen LogP contribution in [0.4, 0.5) is 14.5 Å². The fraction of sp³-hybridized carbons (Fsp3) is 0.267. The van der Waals surface area contributed by atoms with Gasteiger partial charge in [0.2, 0.25) is 5.91 Å². The van der Waals surface area contributed by atoms with Crippen LogP contribution in [0.3, 0.4) is 0 Å². The molecule has 0 radical (unpaired) electrons. The number of hydrogen-bond donors (Lipinski definition) is 2. The third-order valence-corrected chi connectivity index (χ3v) is 4.34. The number of carbonyl (C=O) groups excluding carboxylic acids is 1. The summed E-state index contributed by atoms with van der Waals surface area (Å²) in [6.07, 6.45) is 2.38. The first-order valence-electron chi connectivity index (χ1n) is 7.02. The molecule has 1 heterocycles. The number of nitrogens with zero attached hydrogens (tertiary/aromatic N) is 1. The third kappa shape index (κ3) is 3.58. The van der Waals surface area contributed by atoms with E-state index in [1.807, 2.05) is 0 Å². The molecule has 1 amide bonds. The van der Waals surface area contributed by atoms with Crippen molar-refractivity contribution in [3.05, 3.63) is 51.4 Å². The van der Waals surface area contributed by atoms with Gasteiger partial charge in [-0.3, -0.25) is 9.59 Å². The average Bonchev–Trinajstić information content (AvgIpc) is 2.98. The van der Waals surface area contributed by atoms with Crippen molar-refractivity contribution in [1.29, 1.82) is 0 Å². The summed E-state index contributed by atoms with van der Waals surface area (Å²) in [5.74, 6) is -1.94. The number of aromatic nitrogens is 2. The molecule has 1 aliphatic rings. The highest BCUT2D eigenvalue weighted by atomic mass is 32.2. The van der Waals surface area contributed by atoms with Gasteiger partial charge in [0.15, 0.2) is 5.16 Å². The second-order valence-electron chi connectivity index (χ2n) is 5.11. The maximum absolute atomic E-state index is 13.4. The zero-order chi connectivity index (χ0) is 16.4. The van der Waals surface area contributed by atoms with Crippen LogP contribution in [-0.4, -0.2) is 21.6 Å². The van der Waals surface area contributed by atoms with E-state index in [0.717, 1.165) is 54.9 Å². The van der Waals surface area contributed by atoms with E-state index in [-0.39, 0.29) is 17.0 Å². The Kier molecular flexibility index (Phi) is 4.42. The minimum Gasteiger partial charge on any atom is -0.323 e. The van der Waals surface area contributed by atoms with E-state index >= 15 is 0 Å². The number of H-pyrrole nitrogens is 1. The van der Waals surface area contributed by atoms with E-state index < -0.39 is 17.5 Å². The molecule has 1 aliphatic carbocycles. The van der Waals surface area contributed by atoms with E-state index in [0.29, 0.717) is 10.7 Å². The van der Waals surface area contributed by atoms with Crippen LogP contribution in [0.25, 0.3) is 0 Å². The summed E-state index contributed by atoms with van der Waals surface area (Å²) in [4.78, 5) is 30.6. The predicted octanol–water partition coefficient (Wildman–Crippen LogP) is 2.27. The van der Waals surface area contributed by atoms with Crippen molar-refractivity contribution >= 4 is 23.4 Å². The first-order chi connectivity index (χ1) is 11.0. The van der Waals surface area contributed by atoms with Crippen LogP contribution >= 0.6 is 11.8 Å². The Bertz CT molecular complexity index is 823. The van der Waals surface area contributed by atoms with Crippen molar-refractivity contribution in [2.75, 3.05) is 11.1 Å². The number of benzene rings is 1. The summed E-state index contributed by atoms with van der Waals surface area (Å²) >= 11 is 1.04. The second-order valence-corrected chi connectivity index (χ2v) is 6.07. The highest BCUT2D eigenvalue weighted by Gasteiger charge is 2.17. The van der Waals surface area contributed by atoms with Gasteiger partial charge in [0.1, 0.15) is 11.6 Å². The molecule has 2 N–H and O–H groups in total. The molecule has 3 rings (SSSR count). The molecule has 0 saturated heterocycles. The Balaban J connectivity index is 1.64. The molecule has 0 atom stereocenters. The summed E-state index contributed by atoms with van der Waals surface area (Å²) in [5, 5.41) is 2.65. The average molecular weight is 337 g/mol. The Hall–Kier alpha value is -2.22. The molecular weight excluding hydrogens is 324 g/mol. The van der Waals surface area contributed by atoms with Gasteiger partial charge in [-0.1, -0.05) is 11.8 Å². The number of rotatable bonds is 4. The zero-order valence-electron chi connectivity index (χ0n) is 12.0. The SMILES string of the molecule is O=C(CSc1nc2c(c(=O)[nH]1)CCC2)Nc1cc(F)ccc1F. The summed E-state index contributed by atoms with van der Waals surface area (Å²) in [6, 6.07) is 2.82. The fourth-order valence-corrected chi connectivity index (χ4v) is 3.08. The lowest BCUT2D eigenvalue weighted by Crippen LogP contribution is -2.18. The van der Waals surface area contributed by atoms with Crippen LogP contribution in [0.1, 0.15) is 17.7 Å². The van der Waals surface area contributed by atoms with Crippen molar-refractivity contribution in [3.8, 4) is 0 Å². The molecule has 0 spiro atoms. The first-order valence-corrected chi connectivity index (χ1v) is 8.01. The van der Waals surface area contributed by atoms with Crippen LogP contribution < -0.4 is 10.9 Å². The smallest absolute Gasteiger partial charge is 0.254 e. The minimum atomic E-state index is -0.714. The van der Waals surface area contributed by atoms with Crippen LogP contribution in [0.5, 0.6) is 0 Å². The highest BCUT2D eigenvalue weighted by Crippen LogP contribution is 2.20. The fourth-order valence-electron chi connectivity index (χ4n) is 2.40. The Morgan fingerprint density at radius 1 is 1.35 bits per heavy atom. The van der Waals surface area contributed by atoms with E-state index in [1.54, 1.807) is 0 Å². The number of amides is 1. The standard InChI is InChI=1S/C15H13F2N3O2S/c16-8-4-5-10(17)12(6-8)18-13(21)7-23-15-19-11-3-1-2-9(11)14(22)20-15/h4-6H,1-3,7H2,(H,18,21)(H,19,20,22). The number of aromatic amines is 1. The van der Waals surface area contributed by atoms with Crippen LogP contribution in [0, 0.1) is 11.6 Å². The van der Waals surface area contributed by atoms with Gasteiger partial charge in [-0.15, -0.1) is 0 Å². The van der Waals surface area contributed by atoms with Crippen molar-refractivity contribution in [3.63, 3.8) is 0 Å². The molecule has 1 aromatic heterocycles. The minimum absolute atomic E-state index is 0.0717. The first kappa shape index (κ1) is 15.7. The van der Waals surface area contributed by atoms with Crippen LogP contribution in [0.15, 0.2) is 28.2 Å². The molecular formula is C15H13F2N3O2S. The van der Waals surface area contributed by atoms with E-state index in [9.17, 15) is 18.4 Å². The number of thioether (sulfide) groups is 1. The lowest BCUT2D eigenvalue weighted by atomic mass is 10.3. The zero-order valence-corrected chi connectivity index (χ0v) is 12.8. The molecule has 8 heteroatoms. The summed E-state index contributed by atoms with van der Waals surface area (Å²) < 4.78 is 26.5. The summed E-state index contributed by atoms with van der Waals surface area (Å²) in [5.41, 5.74) is 1.09. The third-order valence-electron chi connectivity index (χ3n) is 3.46. The van der Waals surface area contributed by atoms with Gasteiger partial charge in [0.05, 0.1) is 17.1 Å². The van der Waals surface area contributed by atoms with Gasteiger partial charge in [-0.25, -0.2) is 13.8 Å². The van der Waals surface area contributed by atoms with Gasteiger partial charge in [-0.2, -0.15) is 0 Å². The number of nitrogens with one attached hydrogen (secondary N) is 2. The van der Waals surface area contributed by atoms with Gasteiger partial charge >= 0.3 is 0 Å². The molecule has 23 heavy (non-hydrogen) atoms. The topological polar surface area (TPSA) is 74.8 Å². The van der Waals surface area contributed by atoms with Gasteiger partial charge in [-0.05, 0) is 31.4 Å². The number of halogens is 2.